The summed E-state index contributed by atoms with van der Waals surface area (Å²) in [5.41, 5.74) is 1.01. The number of likely N-dealkylation sites (N-methyl/N-ethyl adjacent to an activating group) is 1. The first-order valence-corrected chi connectivity index (χ1v) is 7.25. The van der Waals surface area contributed by atoms with Crippen molar-refractivity contribution in [1.29, 1.82) is 0 Å². The highest BCUT2D eigenvalue weighted by Crippen LogP contribution is 2.17. The topological polar surface area (TPSA) is 58.6 Å². The van der Waals surface area contributed by atoms with Crippen LogP contribution in [0, 0.1) is 0 Å². The van der Waals surface area contributed by atoms with E-state index in [9.17, 15) is 9.59 Å². The first kappa shape index (κ1) is 17.0. The zero-order chi connectivity index (χ0) is 15.7. The van der Waals surface area contributed by atoms with E-state index in [-0.39, 0.29) is 0 Å². The highest BCUT2D eigenvalue weighted by molar-refractivity contribution is 6.34. The average Bonchev–Trinajstić information content (AvgIpc) is 2.52. The minimum absolute atomic E-state index is 0.409. The summed E-state index contributed by atoms with van der Waals surface area (Å²) >= 11 is 0. The van der Waals surface area contributed by atoms with E-state index >= 15 is 0 Å². The van der Waals surface area contributed by atoms with Crippen molar-refractivity contribution < 1.29 is 14.3 Å². The maximum atomic E-state index is 11.8. The highest BCUT2D eigenvalue weighted by atomic mass is 16.5. The van der Waals surface area contributed by atoms with Crippen LogP contribution in [-0.2, 0) is 16.0 Å². The molecule has 1 aromatic rings. The molecule has 0 atom stereocenters. The van der Waals surface area contributed by atoms with Gasteiger partial charge in [0.25, 0.3) is 0 Å². The molecule has 5 heteroatoms. The standard InChI is InChI=1S/C16H24N2O3/c1-4-5-12-18(2)16(20)15(19)17-11-10-13-8-6-7-9-14(13)21-3/h6-9H,4-5,10-12H2,1-3H3,(H,17,19). The highest BCUT2D eigenvalue weighted by Gasteiger charge is 2.17. The van der Waals surface area contributed by atoms with Crippen molar-refractivity contribution in [3.8, 4) is 5.75 Å². The molecule has 0 unspecified atom stereocenters. The van der Waals surface area contributed by atoms with Crippen LogP contribution in [0.25, 0.3) is 0 Å². The Hall–Kier alpha value is -2.04. The van der Waals surface area contributed by atoms with Crippen LogP contribution >= 0.6 is 0 Å². The smallest absolute Gasteiger partial charge is 0.311 e. The van der Waals surface area contributed by atoms with Gasteiger partial charge in [-0.25, -0.2) is 0 Å². The number of rotatable bonds is 7. The average molecular weight is 292 g/mol. The lowest BCUT2D eigenvalue weighted by Gasteiger charge is -2.16. The molecule has 1 rings (SSSR count). The number of carbonyl (C=O) groups excluding carboxylic acids is 2. The van der Waals surface area contributed by atoms with E-state index in [1.807, 2.05) is 31.2 Å². The Morgan fingerprint density at radius 3 is 2.67 bits per heavy atom. The molecule has 0 aromatic heterocycles. The molecule has 116 valence electrons. The molecule has 0 aliphatic rings. The van der Waals surface area contributed by atoms with Crippen molar-refractivity contribution in [2.45, 2.75) is 26.2 Å². The van der Waals surface area contributed by atoms with E-state index in [1.165, 1.54) is 4.90 Å². The van der Waals surface area contributed by atoms with Crippen LogP contribution in [0.5, 0.6) is 5.75 Å². The van der Waals surface area contributed by atoms with E-state index in [4.69, 9.17) is 4.74 Å². The predicted octanol–water partition coefficient (Wildman–Crippen LogP) is 1.61. The van der Waals surface area contributed by atoms with E-state index in [2.05, 4.69) is 5.32 Å². The summed E-state index contributed by atoms with van der Waals surface area (Å²) < 4.78 is 5.24. The summed E-state index contributed by atoms with van der Waals surface area (Å²) in [5.74, 6) is -0.245. The maximum Gasteiger partial charge on any atom is 0.311 e. The van der Waals surface area contributed by atoms with Crippen molar-refractivity contribution in [1.82, 2.24) is 10.2 Å². The molecule has 0 heterocycles. The molecule has 0 spiro atoms. The summed E-state index contributed by atoms with van der Waals surface area (Å²) in [7, 11) is 3.27. The lowest BCUT2D eigenvalue weighted by molar-refractivity contribution is -0.145. The molecule has 2 amide bonds. The third-order valence-electron chi connectivity index (χ3n) is 3.26. The quantitative estimate of drug-likeness (QED) is 0.777. The lowest BCUT2D eigenvalue weighted by Crippen LogP contribution is -2.42. The van der Waals surface area contributed by atoms with E-state index in [1.54, 1.807) is 14.2 Å². The van der Waals surface area contributed by atoms with Gasteiger partial charge in [0.1, 0.15) is 5.75 Å². The van der Waals surface area contributed by atoms with Crippen molar-refractivity contribution >= 4 is 11.8 Å². The number of hydrogen-bond acceptors (Lipinski definition) is 3. The van der Waals surface area contributed by atoms with Gasteiger partial charge in [-0.15, -0.1) is 0 Å². The number of amides is 2. The second-order valence-electron chi connectivity index (χ2n) is 4.90. The summed E-state index contributed by atoms with van der Waals surface area (Å²) in [6.07, 6.45) is 2.52. The fraction of sp³-hybridized carbons (Fsp3) is 0.500. The second kappa shape index (κ2) is 9.00. The molecule has 0 aliphatic carbocycles. The minimum atomic E-state index is -0.552. The Balaban J connectivity index is 2.41. The van der Waals surface area contributed by atoms with Gasteiger partial charge < -0.3 is 15.0 Å². The molecular formula is C16H24N2O3. The van der Waals surface area contributed by atoms with Gasteiger partial charge in [0, 0.05) is 20.1 Å². The third kappa shape index (κ3) is 5.45. The molecular weight excluding hydrogens is 268 g/mol. The summed E-state index contributed by atoms with van der Waals surface area (Å²) in [6, 6.07) is 7.64. The second-order valence-corrected chi connectivity index (χ2v) is 4.90. The van der Waals surface area contributed by atoms with Crippen LogP contribution < -0.4 is 10.1 Å². The molecule has 0 radical (unpaired) electrons. The van der Waals surface area contributed by atoms with Crippen molar-refractivity contribution in [3.63, 3.8) is 0 Å². The normalized spacial score (nSPS) is 10.0. The number of unbranched alkanes of at least 4 members (excludes halogenated alkanes) is 1. The maximum absolute atomic E-state index is 11.8. The van der Waals surface area contributed by atoms with Crippen LogP contribution in [0.15, 0.2) is 24.3 Å². The number of para-hydroxylation sites is 1. The summed E-state index contributed by atoms with van der Waals surface area (Å²) in [5, 5.41) is 2.65. The van der Waals surface area contributed by atoms with Gasteiger partial charge in [-0.1, -0.05) is 31.5 Å². The van der Waals surface area contributed by atoms with Gasteiger partial charge >= 0.3 is 11.8 Å². The van der Waals surface area contributed by atoms with E-state index < -0.39 is 11.8 Å². The van der Waals surface area contributed by atoms with Gasteiger partial charge in [0.2, 0.25) is 0 Å². The number of methoxy groups -OCH3 is 1. The van der Waals surface area contributed by atoms with Crippen molar-refractivity contribution in [2.75, 3.05) is 27.2 Å². The van der Waals surface area contributed by atoms with E-state index in [0.717, 1.165) is 24.2 Å². The molecule has 21 heavy (non-hydrogen) atoms. The molecule has 5 nitrogen and oxygen atoms in total. The Bertz CT molecular complexity index is 474. The van der Waals surface area contributed by atoms with Gasteiger partial charge in [0.15, 0.2) is 0 Å². The van der Waals surface area contributed by atoms with Crippen LogP contribution in [0.4, 0.5) is 0 Å². The molecule has 0 saturated heterocycles. The van der Waals surface area contributed by atoms with Crippen LogP contribution in [-0.4, -0.2) is 44.0 Å². The molecule has 0 aliphatic heterocycles. The third-order valence-corrected chi connectivity index (χ3v) is 3.26. The number of hydrogen-bond donors (Lipinski definition) is 1. The predicted molar refractivity (Wildman–Crippen MR) is 82.3 cm³/mol. The molecule has 0 saturated carbocycles. The zero-order valence-electron chi connectivity index (χ0n) is 13.0. The minimum Gasteiger partial charge on any atom is -0.496 e. The van der Waals surface area contributed by atoms with Crippen molar-refractivity contribution in [3.05, 3.63) is 29.8 Å². The molecule has 1 N–H and O–H groups in total. The monoisotopic (exact) mass is 292 g/mol. The molecule has 1 aromatic carbocycles. The number of nitrogens with zero attached hydrogens (tertiary/aromatic N) is 1. The van der Waals surface area contributed by atoms with Crippen LogP contribution in [0.2, 0.25) is 0 Å². The van der Waals surface area contributed by atoms with Gasteiger partial charge in [0.05, 0.1) is 7.11 Å². The fourth-order valence-corrected chi connectivity index (χ4v) is 1.97. The number of ether oxygens (including phenoxy) is 1. The van der Waals surface area contributed by atoms with Crippen LogP contribution in [0.1, 0.15) is 25.3 Å². The Morgan fingerprint density at radius 1 is 1.29 bits per heavy atom. The molecule has 0 bridgehead atoms. The number of carbonyl (C=O) groups is 2. The fourth-order valence-electron chi connectivity index (χ4n) is 1.97. The van der Waals surface area contributed by atoms with Crippen LogP contribution in [0.3, 0.4) is 0 Å². The lowest BCUT2D eigenvalue weighted by atomic mass is 10.1. The van der Waals surface area contributed by atoms with Crippen molar-refractivity contribution in [2.24, 2.45) is 0 Å². The summed E-state index contributed by atoms with van der Waals surface area (Å²) in [6.45, 7) is 3.06. The van der Waals surface area contributed by atoms with Gasteiger partial charge in [-0.2, -0.15) is 0 Å². The van der Waals surface area contributed by atoms with Gasteiger partial charge in [-0.05, 0) is 24.5 Å². The SMILES string of the molecule is CCCCN(C)C(=O)C(=O)NCCc1ccccc1OC. The zero-order valence-corrected chi connectivity index (χ0v) is 13.0. The Labute approximate surface area is 126 Å². The number of benzene rings is 1. The first-order valence-electron chi connectivity index (χ1n) is 7.25. The van der Waals surface area contributed by atoms with E-state index in [0.29, 0.717) is 19.5 Å². The molecule has 0 fully saturated rings. The Kier molecular flexibility index (Phi) is 7.29. The summed E-state index contributed by atoms with van der Waals surface area (Å²) in [4.78, 5) is 25.0. The first-order chi connectivity index (χ1) is 10.1. The largest absolute Gasteiger partial charge is 0.496 e. The van der Waals surface area contributed by atoms with Gasteiger partial charge in [-0.3, -0.25) is 9.59 Å². The number of nitrogens with one attached hydrogen (secondary N) is 1. The Morgan fingerprint density at radius 2 is 2.00 bits per heavy atom.